The first-order valence-corrected chi connectivity index (χ1v) is 7.99. The number of furan rings is 1. The van der Waals surface area contributed by atoms with E-state index >= 15 is 0 Å². The monoisotopic (exact) mass is 341 g/mol. The van der Waals surface area contributed by atoms with Crippen LogP contribution < -0.4 is 15.2 Å². The molecule has 25 heavy (non-hydrogen) atoms. The summed E-state index contributed by atoms with van der Waals surface area (Å²) in [5.41, 5.74) is 8.06. The van der Waals surface area contributed by atoms with Gasteiger partial charge in [-0.1, -0.05) is 18.2 Å². The standard InChI is InChI=1S/C20H20FNO3/c1-23-20-12-15(11-17(22)18-3-2-10-24-18)6-9-19(20)25-13-14-4-7-16(21)8-5-14/h2-10,12,17H,11,13,22H2,1H3. The number of hydrogen-bond donors (Lipinski definition) is 1. The van der Waals surface area contributed by atoms with E-state index in [1.807, 2.05) is 30.3 Å². The van der Waals surface area contributed by atoms with E-state index in [-0.39, 0.29) is 11.9 Å². The molecule has 0 fully saturated rings. The number of hydrogen-bond acceptors (Lipinski definition) is 4. The number of ether oxygens (including phenoxy) is 2. The first kappa shape index (κ1) is 17.0. The summed E-state index contributed by atoms with van der Waals surface area (Å²) >= 11 is 0. The fourth-order valence-corrected chi connectivity index (χ4v) is 2.56. The van der Waals surface area contributed by atoms with Crippen molar-refractivity contribution < 1.29 is 18.3 Å². The van der Waals surface area contributed by atoms with Crippen molar-refractivity contribution in [1.29, 1.82) is 0 Å². The molecule has 0 aliphatic rings. The van der Waals surface area contributed by atoms with Crippen LogP contribution in [0.15, 0.2) is 65.3 Å². The van der Waals surface area contributed by atoms with Gasteiger partial charge in [-0.2, -0.15) is 0 Å². The second-order valence-electron chi connectivity index (χ2n) is 5.73. The lowest BCUT2D eigenvalue weighted by Crippen LogP contribution is -2.12. The summed E-state index contributed by atoms with van der Waals surface area (Å²) in [5, 5.41) is 0. The fraction of sp³-hybridized carbons (Fsp3) is 0.200. The molecule has 0 spiro atoms. The molecule has 3 rings (SSSR count). The Bertz CT molecular complexity index is 800. The van der Waals surface area contributed by atoms with E-state index in [9.17, 15) is 4.39 Å². The molecule has 0 radical (unpaired) electrons. The predicted octanol–water partition coefficient (Wildman–Crippen LogP) is 4.25. The van der Waals surface area contributed by atoms with E-state index in [0.717, 1.165) is 16.9 Å². The first-order chi connectivity index (χ1) is 12.2. The molecule has 0 aliphatic heterocycles. The maximum Gasteiger partial charge on any atom is 0.161 e. The van der Waals surface area contributed by atoms with Crippen LogP contribution in [0, 0.1) is 5.82 Å². The van der Waals surface area contributed by atoms with Gasteiger partial charge in [-0.25, -0.2) is 4.39 Å². The van der Waals surface area contributed by atoms with Crippen LogP contribution >= 0.6 is 0 Å². The van der Waals surface area contributed by atoms with Crippen LogP contribution in [-0.2, 0) is 13.0 Å². The summed E-state index contributed by atoms with van der Waals surface area (Å²) in [6, 6.07) is 15.4. The van der Waals surface area contributed by atoms with Gasteiger partial charge in [0.25, 0.3) is 0 Å². The van der Waals surface area contributed by atoms with Crippen LogP contribution in [0.1, 0.15) is 22.9 Å². The molecule has 4 nitrogen and oxygen atoms in total. The molecule has 2 N–H and O–H groups in total. The molecule has 0 aliphatic carbocycles. The van der Waals surface area contributed by atoms with Crippen LogP contribution in [0.3, 0.4) is 0 Å². The number of halogens is 1. The Labute approximate surface area is 146 Å². The van der Waals surface area contributed by atoms with Crippen molar-refractivity contribution in [1.82, 2.24) is 0 Å². The zero-order valence-corrected chi connectivity index (χ0v) is 13.9. The van der Waals surface area contributed by atoms with E-state index in [1.54, 1.807) is 25.5 Å². The summed E-state index contributed by atoms with van der Waals surface area (Å²) in [5.74, 6) is 1.74. The molecule has 1 unspecified atom stereocenters. The van der Waals surface area contributed by atoms with Gasteiger partial charge in [0.15, 0.2) is 11.5 Å². The van der Waals surface area contributed by atoms with Crippen molar-refractivity contribution >= 4 is 0 Å². The number of methoxy groups -OCH3 is 1. The molecule has 1 atom stereocenters. The Morgan fingerprint density at radius 3 is 2.48 bits per heavy atom. The zero-order chi connectivity index (χ0) is 17.6. The summed E-state index contributed by atoms with van der Waals surface area (Å²) < 4.78 is 29.5. The highest BCUT2D eigenvalue weighted by Gasteiger charge is 2.12. The van der Waals surface area contributed by atoms with Crippen LogP contribution in [0.4, 0.5) is 4.39 Å². The van der Waals surface area contributed by atoms with Gasteiger partial charge in [-0.05, 0) is 53.9 Å². The summed E-state index contributed by atoms with van der Waals surface area (Å²) in [4.78, 5) is 0. The molecule has 1 heterocycles. The second kappa shape index (κ2) is 7.85. The van der Waals surface area contributed by atoms with Crippen molar-refractivity contribution in [2.75, 3.05) is 7.11 Å². The summed E-state index contributed by atoms with van der Waals surface area (Å²) in [6.07, 6.45) is 2.24. The highest BCUT2D eigenvalue weighted by molar-refractivity contribution is 5.43. The van der Waals surface area contributed by atoms with E-state index < -0.39 is 0 Å². The molecule has 0 bridgehead atoms. The number of benzene rings is 2. The van der Waals surface area contributed by atoms with E-state index in [0.29, 0.717) is 24.5 Å². The largest absolute Gasteiger partial charge is 0.493 e. The second-order valence-corrected chi connectivity index (χ2v) is 5.73. The predicted molar refractivity (Wildman–Crippen MR) is 93.1 cm³/mol. The van der Waals surface area contributed by atoms with Gasteiger partial charge in [-0.3, -0.25) is 0 Å². The van der Waals surface area contributed by atoms with E-state index in [2.05, 4.69) is 0 Å². The Balaban J connectivity index is 1.67. The molecule has 0 saturated heterocycles. The van der Waals surface area contributed by atoms with Gasteiger partial charge in [0, 0.05) is 0 Å². The third-order valence-corrected chi connectivity index (χ3v) is 3.90. The molecule has 1 aromatic heterocycles. The molecule has 0 amide bonds. The molecule has 0 saturated carbocycles. The smallest absolute Gasteiger partial charge is 0.161 e. The maximum atomic E-state index is 12.9. The van der Waals surface area contributed by atoms with Gasteiger partial charge in [-0.15, -0.1) is 0 Å². The fourth-order valence-electron chi connectivity index (χ4n) is 2.56. The lowest BCUT2D eigenvalue weighted by Gasteiger charge is -2.14. The lowest BCUT2D eigenvalue weighted by molar-refractivity contribution is 0.284. The lowest BCUT2D eigenvalue weighted by atomic mass is 10.0. The average molecular weight is 341 g/mol. The van der Waals surface area contributed by atoms with Gasteiger partial charge in [0.1, 0.15) is 18.2 Å². The van der Waals surface area contributed by atoms with Gasteiger partial charge in [0.2, 0.25) is 0 Å². The molecule has 130 valence electrons. The molecule has 2 aromatic carbocycles. The van der Waals surface area contributed by atoms with E-state index in [1.165, 1.54) is 12.1 Å². The minimum absolute atomic E-state index is 0.217. The van der Waals surface area contributed by atoms with Crippen LogP contribution in [0.5, 0.6) is 11.5 Å². The van der Waals surface area contributed by atoms with Gasteiger partial charge < -0.3 is 19.6 Å². The molecule has 5 heteroatoms. The Hall–Kier alpha value is -2.79. The first-order valence-electron chi connectivity index (χ1n) is 7.99. The normalized spacial score (nSPS) is 12.0. The van der Waals surface area contributed by atoms with Crippen LogP contribution in [-0.4, -0.2) is 7.11 Å². The summed E-state index contributed by atoms with van der Waals surface area (Å²) in [7, 11) is 1.59. The van der Waals surface area contributed by atoms with Crippen molar-refractivity contribution in [3.8, 4) is 11.5 Å². The van der Waals surface area contributed by atoms with Crippen LogP contribution in [0.25, 0.3) is 0 Å². The van der Waals surface area contributed by atoms with Crippen molar-refractivity contribution in [2.24, 2.45) is 5.73 Å². The highest BCUT2D eigenvalue weighted by atomic mass is 19.1. The van der Waals surface area contributed by atoms with Gasteiger partial charge in [0.05, 0.1) is 19.4 Å². The zero-order valence-electron chi connectivity index (χ0n) is 13.9. The number of nitrogens with two attached hydrogens (primary N) is 1. The molecule has 3 aromatic rings. The minimum Gasteiger partial charge on any atom is -0.493 e. The van der Waals surface area contributed by atoms with Gasteiger partial charge >= 0.3 is 0 Å². The van der Waals surface area contributed by atoms with Crippen molar-refractivity contribution in [3.05, 3.63) is 83.6 Å². The highest BCUT2D eigenvalue weighted by Crippen LogP contribution is 2.30. The average Bonchev–Trinajstić information content (AvgIpc) is 3.16. The third-order valence-electron chi connectivity index (χ3n) is 3.90. The SMILES string of the molecule is COc1cc(CC(N)c2ccco2)ccc1OCc1ccc(F)cc1. The topological polar surface area (TPSA) is 57.6 Å². The Morgan fingerprint density at radius 2 is 1.80 bits per heavy atom. The van der Waals surface area contributed by atoms with Crippen LogP contribution in [0.2, 0.25) is 0 Å². The Morgan fingerprint density at radius 1 is 1.04 bits per heavy atom. The van der Waals surface area contributed by atoms with Crippen molar-refractivity contribution in [2.45, 2.75) is 19.1 Å². The Kier molecular flexibility index (Phi) is 5.36. The quantitative estimate of drug-likeness (QED) is 0.698. The third kappa shape index (κ3) is 4.39. The number of rotatable bonds is 7. The molecular formula is C20H20FNO3. The van der Waals surface area contributed by atoms with E-state index in [4.69, 9.17) is 19.6 Å². The molecular weight excluding hydrogens is 321 g/mol. The maximum absolute atomic E-state index is 12.9. The minimum atomic E-state index is -0.265. The summed E-state index contributed by atoms with van der Waals surface area (Å²) in [6.45, 7) is 0.335. The van der Waals surface area contributed by atoms with Crippen molar-refractivity contribution in [3.63, 3.8) is 0 Å².